The summed E-state index contributed by atoms with van der Waals surface area (Å²) in [5.74, 6) is -1.40. The van der Waals surface area contributed by atoms with E-state index in [1.165, 1.54) is 43.3 Å². The summed E-state index contributed by atoms with van der Waals surface area (Å²) in [6, 6.07) is 15.7. The molecule has 0 heterocycles. The van der Waals surface area contributed by atoms with E-state index in [4.69, 9.17) is 23.2 Å². The van der Waals surface area contributed by atoms with Crippen molar-refractivity contribution in [1.82, 2.24) is 5.32 Å². The van der Waals surface area contributed by atoms with Crippen LogP contribution >= 0.6 is 23.2 Å². The smallest absolute Gasteiger partial charge is 0.265 e. The van der Waals surface area contributed by atoms with E-state index < -0.39 is 27.8 Å². The van der Waals surface area contributed by atoms with E-state index in [9.17, 15) is 17.6 Å². The van der Waals surface area contributed by atoms with E-state index in [0.29, 0.717) is 11.6 Å². The molecule has 200 valence electrons. The van der Waals surface area contributed by atoms with E-state index in [-0.39, 0.29) is 29.6 Å². The van der Waals surface area contributed by atoms with Crippen molar-refractivity contribution in [2.45, 2.75) is 39.1 Å². The Morgan fingerprint density at radius 2 is 1.68 bits per heavy atom. The number of likely N-dealkylation sites (N-methyl/N-ethyl adjacent to an activating group) is 1. The average Bonchev–Trinajstić information content (AvgIpc) is 2.84. The Balaban J connectivity index is 0.00000481. The van der Waals surface area contributed by atoms with Crippen molar-refractivity contribution in [2.75, 3.05) is 28.8 Å². The van der Waals surface area contributed by atoms with E-state index in [1.807, 2.05) is 32.0 Å². The molecule has 1 N–H and O–H groups in total. The molecule has 1 atom stereocenters. The first-order valence-electron chi connectivity index (χ1n) is 11.4. The summed E-state index contributed by atoms with van der Waals surface area (Å²) in [6.07, 6.45) is 0. The maximum absolute atomic E-state index is 14.9. The standard InChI is InChI=1S/C26H28Cl2FN3O3S.CH4/c1-4-31(22-7-5-6-18(2)16-22)15-14-30-26(33)19(3)32(25-17-21(28)10-13-24(25)29)36(34,35)23-11-8-20(27)9-12-23;/h5-13,16-17,19H,4,14-15H2,1-3H3,(H,30,33);1H4/t19-;/m1./s1. The molecule has 3 aromatic carbocycles. The lowest BCUT2D eigenvalue weighted by Gasteiger charge is -2.30. The molecule has 0 saturated heterocycles. The second kappa shape index (κ2) is 13.1. The van der Waals surface area contributed by atoms with E-state index in [2.05, 4.69) is 16.3 Å². The number of benzene rings is 3. The molecule has 3 rings (SSSR count). The zero-order valence-corrected chi connectivity index (χ0v) is 22.5. The van der Waals surface area contributed by atoms with Crippen LogP contribution in [0, 0.1) is 12.7 Å². The third-order valence-corrected chi connectivity index (χ3v) is 8.06. The minimum absolute atomic E-state index is 0. The Kier molecular flexibility index (Phi) is 10.8. The summed E-state index contributed by atoms with van der Waals surface area (Å²) in [5, 5.41) is 3.26. The van der Waals surface area contributed by atoms with E-state index in [1.54, 1.807) is 0 Å². The summed E-state index contributed by atoms with van der Waals surface area (Å²) in [6.45, 7) is 6.91. The van der Waals surface area contributed by atoms with Gasteiger partial charge in [-0.25, -0.2) is 12.8 Å². The van der Waals surface area contributed by atoms with Crippen LogP contribution in [0.2, 0.25) is 10.0 Å². The highest BCUT2D eigenvalue weighted by Crippen LogP contribution is 2.31. The fourth-order valence-corrected chi connectivity index (χ4v) is 5.69. The van der Waals surface area contributed by atoms with Crippen LogP contribution in [-0.4, -0.2) is 40.0 Å². The fourth-order valence-electron chi connectivity index (χ4n) is 3.78. The van der Waals surface area contributed by atoms with Gasteiger partial charge in [0.25, 0.3) is 10.0 Å². The van der Waals surface area contributed by atoms with Gasteiger partial charge in [0.1, 0.15) is 11.9 Å². The second-order valence-corrected chi connectivity index (χ2v) is 10.9. The van der Waals surface area contributed by atoms with Crippen molar-refractivity contribution in [3.8, 4) is 0 Å². The largest absolute Gasteiger partial charge is 0.370 e. The first-order valence-corrected chi connectivity index (χ1v) is 13.6. The molecule has 0 aliphatic rings. The number of rotatable bonds is 10. The molecule has 37 heavy (non-hydrogen) atoms. The second-order valence-electron chi connectivity index (χ2n) is 8.24. The molecule has 0 bridgehead atoms. The van der Waals surface area contributed by atoms with Crippen molar-refractivity contribution < 1.29 is 17.6 Å². The van der Waals surface area contributed by atoms with Gasteiger partial charge in [0.2, 0.25) is 5.91 Å². The molecule has 1 amide bonds. The topological polar surface area (TPSA) is 69.7 Å². The zero-order chi connectivity index (χ0) is 26.5. The normalized spacial score (nSPS) is 11.8. The van der Waals surface area contributed by atoms with Crippen molar-refractivity contribution in [3.05, 3.63) is 88.2 Å². The lowest BCUT2D eigenvalue weighted by Crippen LogP contribution is -2.49. The van der Waals surface area contributed by atoms with E-state index in [0.717, 1.165) is 28.2 Å². The maximum atomic E-state index is 14.9. The number of nitrogens with zero attached hydrogens (tertiary/aromatic N) is 2. The van der Waals surface area contributed by atoms with Gasteiger partial charge in [-0.05, 0) is 80.9 Å². The molecule has 3 aromatic rings. The van der Waals surface area contributed by atoms with Gasteiger partial charge in [-0.1, -0.05) is 42.8 Å². The predicted octanol–water partition coefficient (Wildman–Crippen LogP) is 6.30. The number of sulfonamides is 1. The van der Waals surface area contributed by atoms with Gasteiger partial charge < -0.3 is 10.2 Å². The Labute approximate surface area is 229 Å². The third-order valence-electron chi connectivity index (χ3n) is 5.68. The number of amides is 1. The van der Waals surface area contributed by atoms with Crippen LogP contribution in [0.4, 0.5) is 15.8 Å². The highest BCUT2D eigenvalue weighted by molar-refractivity contribution is 7.93. The lowest BCUT2D eigenvalue weighted by molar-refractivity contribution is -0.121. The fraction of sp³-hybridized carbons (Fsp3) is 0.296. The van der Waals surface area contributed by atoms with Gasteiger partial charge in [-0.2, -0.15) is 0 Å². The van der Waals surface area contributed by atoms with Gasteiger partial charge in [0.05, 0.1) is 10.6 Å². The van der Waals surface area contributed by atoms with Crippen LogP contribution in [0.1, 0.15) is 26.8 Å². The minimum atomic E-state index is -4.34. The minimum Gasteiger partial charge on any atom is -0.370 e. The van der Waals surface area contributed by atoms with Crippen molar-refractivity contribution in [1.29, 1.82) is 0 Å². The Hall–Kier alpha value is -2.81. The van der Waals surface area contributed by atoms with Crippen molar-refractivity contribution in [2.24, 2.45) is 0 Å². The average molecular weight is 569 g/mol. The van der Waals surface area contributed by atoms with Crippen LogP contribution in [0.15, 0.2) is 71.6 Å². The van der Waals surface area contributed by atoms with Gasteiger partial charge in [-0.3, -0.25) is 9.10 Å². The molecular formula is C27H32Cl2FN3O3S. The van der Waals surface area contributed by atoms with Gasteiger partial charge >= 0.3 is 0 Å². The highest BCUT2D eigenvalue weighted by Gasteiger charge is 2.35. The third kappa shape index (κ3) is 7.37. The SMILES string of the molecule is C.CCN(CCNC(=O)[C@@H](C)N(c1cc(Cl)ccc1F)S(=O)(=O)c1ccc(Cl)cc1)c1cccc(C)c1. The number of carbonyl (C=O) groups excluding carboxylic acids is 1. The predicted molar refractivity (Wildman–Crippen MR) is 151 cm³/mol. The van der Waals surface area contributed by atoms with Crippen LogP contribution < -0.4 is 14.5 Å². The lowest BCUT2D eigenvalue weighted by atomic mass is 10.2. The zero-order valence-electron chi connectivity index (χ0n) is 20.2. The molecule has 0 aliphatic heterocycles. The molecule has 0 aromatic heterocycles. The number of hydrogen-bond donors (Lipinski definition) is 1. The van der Waals surface area contributed by atoms with Gasteiger partial charge in [-0.15, -0.1) is 0 Å². The van der Waals surface area contributed by atoms with Crippen LogP contribution in [0.3, 0.4) is 0 Å². The molecule has 0 spiro atoms. The monoisotopic (exact) mass is 567 g/mol. The summed E-state index contributed by atoms with van der Waals surface area (Å²) in [4.78, 5) is 15.1. The van der Waals surface area contributed by atoms with Gasteiger partial charge in [0, 0.05) is 35.4 Å². The molecule has 6 nitrogen and oxygen atoms in total. The molecule has 0 aliphatic carbocycles. The molecule has 10 heteroatoms. The highest BCUT2D eigenvalue weighted by atomic mass is 35.5. The number of hydrogen-bond acceptors (Lipinski definition) is 4. The molecule has 0 fully saturated rings. The summed E-state index contributed by atoms with van der Waals surface area (Å²) in [7, 11) is -4.34. The molecule has 0 unspecified atom stereocenters. The van der Waals surface area contributed by atoms with Crippen molar-refractivity contribution in [3.63, 3.8) is 0 Å². The Bertz CT molecular complexity index is 1320. The van der Waals surface area contributed by atoms with Gasteiger partial charge in [0.15, 0.2) is 0 Å². The first-order chi connectivity index (χ1) is 17.0. The van der Waals surface area contributed by atoms with Crippen molar-refractivity contribution >= 4 is 50.5 Å². The first kappa shape index (κ1) is 30.4. The summed E-state index contributed by atoms with van der Waals surface area (Å²) >= 11 is 12.0. The molecule has 0 saturated carbocycles. The molecule has 0 radical (unpaired) electrons. The van der Waals surface area contributed by atoms with Crippen LogP contribution in [0.25, 0.3) is 0 Å². The van der Waals surface area contributed by atoms with E-state index >= 15 is 0 Å². The quantitative estimate of drug-likeness (QED) is 0.312. The van der Waals surface area contributed by atoms with Crippen LogP contribution in [-0.2, 0) is 14.8 Å². The number of nitrogens with one attached hydrogen (secondary N) is 1. The maximum Gasteiger partial charge on any atom is 0.265 e. The Morgan fingerprint density at radius 3 is 2.30 bits per heavy atom. The molecular weight excluding hydrogens is 536 g/mol. The van der Waals surface area contributed by atoms with Crippen LogP contribution in [0.5, 0.6) is 0 Å². The Morgan fingerprint density at radius 1 is 1.03 bits per heavy atom. The summed E-state index contributed by atoms with van der Waals surface area (Å²) in [5.41, 5.74) is 1.82. The summed E-state index contributed by atoms with van der Waals surface area (Å²) < 4.78 is 42.8. The number of halogens is 3. The number of aryl methyl sites for hydroxylation is 1. The number of carbonyl (C=O) groups is 1. The number of anilines is 2.